The first-order valence-corrected chi connectivity index (χ1v) is 11.2. The predicted molar refractivity (Wildman–Crippen MR) is 134 cm³/mol. The van der Waals surface area contributed by atoms with E-state index >= 15 is 0 Å². The van der Waals surface area contributed by atoms with Crippen molar-refractivity contribution in [2.45, 2.75) is 13.1 Å². The molecule has 5 N–H and O–H groups in total. The van der Waals surface area contributed by atoms with Gasteiger partial charge in [-0.25, -0.2) is 4.79 Å². The molecule has 10 heteroatoms. The van der Waals surface area contributed by atoms with Crippen LogP contribution in [0.1, 0.15) is 15.9 Å². The zero-order valence-corrected chi connectivity index (χ0v) is 19.6. The van der Waals surface area contributed by atoms with Gasteiger partial charge in [0.05, 0.1) is 11.4 Å². The molecule has 0 atom stereocenters. The summed E-state index contributed by atoms with van der Waals surface area (Å²) < 4.78 is 31.7. The predicted octanol–water partition coefficient (Wildman–Crippen LogP) is 4.54. The Morgan fingerprint density at radius 3 is 2.17 bits per heavy atom. The molecule has 1 aliphatic rings. The molecule has 0 aliphatic carbocycles. The van der Waals surface area contributed by atoms with Crippen molar-refractivity contribution in [1.82, 2.24) is 5.32 Å². The fraction of sp³-hybridized carbons (Fsp3) is 0.231. The third-order valence-electron chi connectivity index (χ3n) is 5.60. The maximum atomic E-state index is 12.6. The molecule has 1 amide bonds. The average Bonchev–Trinajstić information content (AvgIpc) is 2.86. The zero-order valence-electron chi connectivity index (χ0n) is 19.6. The molecular formula is C26H27F3N4O3. The lowest BCUT2D eigenvalue weighted by Crippen LogP contribution is -2.43. The number of halogens is 3. The second-order valence-electron chi connectivity index (χ2n) is 8.16. The number of nitrogens with two attached hydrogens (primary N) is 1. The number of benzene rings is 3. The van der Waals surface area contributed by atoms with Gasteiger partial charge in [0.15, 0.2) is 0 Å². The van der Waals surface area contributed by atoms with Gasteiger partial charge >= 0.3 is 12.1 Å². The molecule has 3 aromatic carbocycles. The van der Waals surface area contributed by atoms with E-state index in [-0.39, 0.29) is 5.91 Å². The number of carbonyl (C=O) groups excluding carboxylic acids is 1. The summed E-state index contributed by atoms with van der Waals surface area (Å²) in [7, 11) is 0. The molecule has 1 heterocycles. The van der Waals surface area contributed by atoms with E-state index in [1.165, 1.54) is 5.69 Å². The molecule has 3 aromatic rings. The molecule has 0 aromatic heterocycles. The molecule has 7 nitrogen and oxygen atoms in total. The van der Waals surface area contributed by atoms with Gasteiger partial charge in [-0.05, 0) is 60.0 Å². The zero-order chi connectivity index (χ0) is 26.3. The second kappa shape index (κ2) is 11.6. The standard InChI is InChI=1S/C24H26N4O.C2HF3O2/c1-17-16-19(24(29)27-23-5-3-2-4-22(23)25)8-11-21(17)18-6-9-20(10-7-18)28-14-12-26-13-15-28;3-2(4,5)1(6)7/h2-11,16,26H,12-15,25H2,1H3,(H,27,29);(H,6,7). The largest absolute Gasteiger partial charge is 0.490 e. The van der Waals surface area contributed by atoms with Gasteiger partial charge in [-0.2, -0.15) is 13.2 Å². The summed E-state index contributed by atoms with van der Waals surface area (Å²) in [4.78, 5) is 23.9. The molecular weight excluding hydrogens is 473 g/mol. The molecule has 1 aliphatic heterocycles. The molecule has 0 spiro atoms. The van der Waals surface area contributed by atoms with Gasteiger partial charge in [0.2, 0.25) is 0 Å². The van der Waals surface area contributed by atoms with Gasteiger partial charge < -0.3 is 26.4 Å². The number of carboxylic acid groups (broad SMARTS) is 1. The number of aryl methyl sites for hydroxylation is 1. The van der Waals surface area contributed by atoms with Crippen LogP contribution >= 0.6 is 0 Å². The van der Waals surface area contributed by atoms with E-state index in [9.17, 15) is 18.0 Å². The first kappa shape index (κ1) is 26.6. The van der Waals surface area contributed by atoms with Crippen LogP contribution in [0.2, 0.25) is 0 Å². The SMILES string of the molecule is Cc1cc(C(=O)Nc2ccccc2N)ccc1-c1ccc(N2CCNCC2)cc1.O=C(O)C(F)(F)F. The highest BCUT2D eigenvalue weighted by Gasteiger charge is 2.38. The highest BCUT2D eigenvalue weighted by molar-refractivity contribution is 6.06. The molecule has 1 saturated heterocycles. The molecule has 4 rings (SSSR count). The Hall–Kier alpha value is -4.05. The van der Waals surface area contributed by atoms with Crippen LogP contribution in [-0.4, -0.2) is 49.3 Å². The number of carbonyl (C=O) groups is 2. The van der Waals surface area contributed by atoms with Crippen molar-refractivity contribution >= 4 is 28.9 Å². The van der Waals surface area contributed by atoms with Crippen LogP contribution in [0.5, 0.6) is 0 Å². The van der Waals surface area contributed by atoms with E-state index in [4.69, 9.17) is 15.6 Å². The topological polar surface area (TPSA) is 108 Å². The molecule has 36 heavy (non-hydrogen) atoms. The van der Waals surface area contributed by atoms with Crippen LogP contribution in [0.25, 0.3) is 11.1 Å². The first-order valence-electron chi connectivity index (χ1n) is 11.2. The van der Waals surface area contributed by atoms with Crippen LogP contribution in [-0.2, 0) is 4.79 Å². The number of alkyl halides is 3. The van der Waals surface area contributed by atoms with Gasteiger partial charge in [0, 0.05) is 37.4 Å². The van der Waals surface area contributed by atoms with E-state index in [0.29, 0.717) is 16.9 Å². The Bertz CT molecular complexity index is 1210. The summed E-state index contributed by atoms with van der Waals surface area (Å²) in [5, 5.41) is 13.4. The Balaban J connectivity index is 0.000000454. The summed E-state index contributed by atoms with van der Waals surface area (Å²) in [5.74, 6) is -2.92. The fourth-order valence-corrected chi connectivity index (χ4v) is 3.71. The minimum Gasteiger partial charge on any atom is -0.475 e. The molecule has 190 valence electrons. The lowest BCUT2D eigenvalue weighted by Gasteiger charge is -2.29. The van der Waals surface area contributed by atoms with E-state index in [1.54, 1.807) is 12.1 Å². The lowest BCUT2D eigenvalue weighted by atomic mass is 9.98. The summed E-state index contributed by atoms with van der Waals surface area (Å²) in [6.07, 6.45) is -5.08. The molecule has 0 saturated carbocycles. The molecule has 0 bridgehead atoms. The monoisotopic (exact) mass is 500 g/mol. The second-order valence-corrected chi connectivity index (χ2v) is 8.16. The summed E-state index contributed by atoms with van der Waals surface area (Å²) in [6.45, 7) is 6.16. The smallest absolute Gasteiger partial charge is 0.475 e. The summed E-state index contributed by atoms with van der Waals surface area (Å²) in [6, 6.07) is 21.7. The number of carboxylic acids is 1. The third-order valence-corrected chi connectivity index (χ3v) is 5.60. The minimum absolute atomic E-state index is 0.161. The normalized spacial score (nSPS) is 13.4. The number of piperazine rings is 1. The van der Waals surface area contributed by atoms with E-state index in [0.717, 1.165) is 42.9 Å². The number of nitrogens with one attached hydrogen (secondary N) is 2. The van der Waals surface area contributed by atoms with Crippen molar-refractivity contribution in [2.75, 3.05) is 42.1 Å². The maximum Gasteiger partial charge on any atom is 0.490 e. The Morgan fingerprint density at radius 1 is 1.00 bits per heavy atom. The number of anilines is 3. The van der Waals surface area contributed by atoms with Crippen LogP contribution in [0.4, 0.5) is 30.2 Å². The maximum absolute atomic E-state index is 12.6. The number of rotatable bonds is 4. The van der Waals surface area contributed by atoms with Crippen molar-refractivity contribution in [3.63, 3.8) is 0 Å². The van der Waals surface area contributed by atoms with Crippen LogP contribution in [0.3, 0.4) is 0 Å². The van der Waals surface area contributed by atoms with Crippen molar-refractivity contribution < 1.29 is 27.9 Å². The third kappa shape index (κ3) is 6.98. The number of hydrogen-bond acceptors (Lipinski definition) is 5. The Morgan fingerprint density at radius 2 is 1.61 bits per heavy atom. The van der Waals surface area contributed by atoms with Crippen LogP contribution in [0.15, 0.2) is 66.7 Å². The number of hydrogen-bond donors (Lipinski definition) is 4. The summed E-state index contributed by atoms with van der Waals surface area (Å²) >= 11 is 0. The first-order chi connectivity index (χ1) is 17.1. The highest BCUT2D eigenvalue weighted by atomic mass is 19.4. The Kier molecular flexibility index (Phi) is 8.55. The number of nitrogen functional groups attached to an aromatic ring is 1. The van der Waals surface area contributed by atoms with Gasteiger partial charge in [0.25, 0.3) is 5.91 Å². The average molecular weight is 501 g/mol. The molecule has 0 radical (unpaired) electrons. The van der Waals surface area contributed by atoms with E-state index in [2.05, 4.69) is 39.8 Å². The quantitative estimate of drug-likeness (QED) is 0.392. The van der Waals surface area contributed by atoms with Crippen molar-refractivity contribution in [1.29, 1.82) is 0 Å². The fourth-order valence-electron chi connectivity index (χ4n) is 3.71. The molecule has 0 unspecified atom stereocenters. The highest BCUT2D eigenvalue weighted by Crippen LogP contribution is 2.27. The van der Waals surface area contributed by atoms with Gasteiger partial charge in [-0.15, -0.1) is 0 Å². The van der Waals surface area contributed by atoms with E-state index < -0.39 is 12.1 Å². The van der Waals surface area contributed by atoms with Gasteiger partial charge in [0.1, 0.15) is 0 Å². The van der Waals surface area contributed by atoms with Gasteiger partial charge in [-0.1, -0.05) is 30.3 Å². The minimum atomic E-state index is -5.08. The Labute approximate surface area is 206 Å². The number of aliphatic carboxylic acids is 1. The van der Waals surface area contributed by atoms with Crippen molar-refractivity contribution in [3.05, 3.63) is 77.9 Å². The van der Waals surface area contributed by atoms with Crippen molar-refractivity contribution in [3.8, 4) is 11.1 Å². The van der Waals surface area contributed by atoms with Crippen LogP contribution < -0.4 is 21.3 Å². The lowest BCUT2D eigenvalue weighted by molar-refractivity contribution is -0.192. The summed E-state index contributed by atoms with van der Waals surface area (Å²) in [5.41, 5.74) is 12.3. The molecule has 1 fully saturated rings. The van der Waals surface area contributed by atoms with Gasteiger partial charge in [-0.3, -0.25) is 4.79 Å². The number of amides is 1. The van der Waals surface area contributed by atoms with E-state index in [1.807, 2.05) is 37.3 Å². The van der Waals surface area contributed by atoms with Crippen LogP contribution in [0, 0.1) is 6.92 Å². The number of nitrogens with zero attached hydrogens (tertiary/aromatic N) is 1. The van der Waals surface area contributed by atoms with Crippen molar-refractivity contribution in [2.24, 2.45) is 0 Å². The number of para-hydroxylation sites is 2.